The zero-order chi connectivity index (χ0) is 20.9. The van der Waals surface area contributed by atoms with Gasteiger partial charge in [0.2, 0.25) is 15.9 Å². The summed E-state index contributed by atoms with van der Waals surface area (Å²) in [5, 5.41) is 11.1. The van der Waals surface area contributed by atoms with Crippen molar-refractivity contribution in [3.63, 3.8) is 0 Å². The predicted octanol–water partition coefficient (Wildman–Crippen LogP) is 1.05. The van der Waals surface area contributed by atoms with Crippen LogP contribution in [0.15, 0.2) is 40.7 Å². The maximum atomic E-state index is 12.6. The van der Waals surface area contributed by atoms with Crippen LogP contribution in [-0.2, 0) is 21.2 Å². The van der Waals surface area contributed by atoms with Crippen LogP contribution in [0.1, 0.15) is 18.9 Å². The van der Waals surface area contributed by atoms with Gasteiger partial charge in [-0.15, -0.1) is 11.3 Å². The average molecular weight is 438 g/mol. The molecule has 0 saturated carbocycles. The third-order valence-electron chi connectivity index (χ3n) is 5.11. The molecule has 2 heterocycles. The Bertz CT molecular complexity index is 900. The van der Waals surface area contributed by atoms with Crippen molar-refractivity contribution in [2.75, 3.05) is 37.6 Å². The Balaban J connectivity index is 1.45. The van der Waals surface area contributed by atoms with Crippen molar-refractivity contribution in [3.05, 3.63) is 41.4 Å². The van der Waals surface area contributed by atoms with Crippen LogP contribution < -0.4 is 15.4 Å². The van der Waals surface area contributed by atoms with Crippen molar-refractivity contribution < 1.29 is 13.2 Å². The SMILES string of the molecule is CC(C(=O)NCCc1ccc(S(N)(=O)=O)cc1)N1CCCN(c2nccs2)CC1. The summed E-state index contributed by atoms with van der Waals surface area (Å²) in [6.45, 7) is 5.95. The quantitative estimate of drug-likeness (QED) is 0.670. The van der Waals surface area contributed by atoms with E-state index in [9.17, 15) is 13.2 Å². The van der Waals surface area contributed by atoms with Crippen LogP contribution in [0.4, 0.5) is 5.13 Å². The molecule has 8 nitrogen and oxygen atoms in total. The molecular weight excluding hydrogens is 410 g/mol. The number of nitrogens with zero attached hydrogens (tertiary/aromatic N) is 3. The Morgan fingerprint density at radius 1 is 1.24 bits per heavy atom. The van der Waals surface area contributed by atoms with E-state index in [0.717, 1.165) is 43.3 Å². The Morgan fingerprint density at radius 2 is 2.00 bits per heavy atom. The number of thiazole rings is 1. The number of primary sulfonamides is 1. The van der Waals surface area contributed by atoms with Gasteiger partial charge in [-0.3, -0.25) is 9.69 Å². The summed E-state index contributed by atoms with van der Waals surface area (Å²) in [6.07, 6.45) is 3.44. The lowest BCUT2D eigenvalue weighted by molar-refractivity contribution is -0.125. The lowest BCUT2D eigenvalue weighted by Crippen LogP contribution is -2.47. The topological polar surface area (TPSA) is 109 Å². The first kappa shape index (κ1) is 21.7. The second kappa shape index (κ2) is 9.66. The van der Waals surface area contributed by atoms with E-state index >= 15 is 0 Å². The minimum atomic E-state index is -3.68. The fraction of sp³-hybridized carbons (Fsp3) is 0.474. The first-order valence-corrected chi connectivity index (χ1v) is 12.0. The van der Waals surface area contributed by atoms with Crippen LogP contribution in [0.3, 0.4) is 0 Å². The van der Waals surface area contributed by atoms with Crippen molar-refractivity contribution in [2.45, 2.75) is 30.7 Å². The van der Waals surface area contributed by atoms with Crippen molar-refractivity contribution in [3.8, 4) is 0 Å². The maximum Gasteiger partial charge on any atom is 0.238 e. The summed E-state index contributed by atoms with van der Waals surface area (Å²) in [7, 11) is -3.68. The normalized spacial score (nSPS) is 17.0. The number of sulfonamides is 1. The summed E-state index contributed by atoms with van der Waals surface area (Å²) in [4.78, 5) is 21.5. The van der Waals surface area contributed by atoms with Crippen molar-refractivity contribution in [1.29, 1.82) is 0 Å². The first-order chi connectivity index (χ1) is 13.8. The molecule has 1 aliphatic rings. The monoisotopic (exact) mass is 437 g/mol. The lowest BCUT2D eigenvalue weighted by atomic mass is 10.1. The number of rotatable bonds is 7. The van der Waals surface area contributed by atoms with Gasteiger partial charge in [0, 0.05) is 44.3 Å². The fourth-order valence-corrected chi connectivity index (χ4v) is 4.59. The van der Waals surface area contributed by atoms with E-state index in [1.54, 1.807) is 23.5 Å². The van der Waals surface area contributed by atoms with E-state index in [-0.39, 0.29) is 16.8 Å². The van der Waals surface area contributed by atoms with Crippen molar-refractivity contribution in [2.24, 2.45) is 5.14 Å². The van der Waals surface area contributed by atoms with Gasteiger partial charge in [-0.25, -0.2) is 18.5 Å². The van der Waals surface area contributed by atoms with Gasteiger partial charge in [0.1, 0.15) is 0 Å². The first-order valence-electron chi connectivity index (χ1n) is 9.62. The number of nitrogens with two attached hydrogens (primary N) is 1. The van der Waals surface area contributed by atoms with Gasteiger partial charge < -0.3 is 10.2 Å². The van der Waals surface area contributed by atoms with Gasteiger partial charge in [-0.05, 0) is 37.5 Å². The van der Waals surface area contributed by atoms with E-state index in [4.69, 9.17) is 5.14 Å². The molecule has 0 radical (unpaired) electrons. The van der Waals surface area contributed by atoms with Gasteiger partial charge in [0.05, 0.1) is 10.9 Å². The van der Waals surface area contributed by atoms with E-state index in [1.165, 1.54) is 12.1 Å². The fourth-order valence-electron chi connectivity index (χ4n) is 3.38. The number of aromatic nitrogens is 1. The Labute approximate surface area is 175 Å². The highest BCUT2D eigenvalue weighted by atomic mass is 32.2. The zero-order valence-electron chi connectivity index (χ0n) is 16.5. The molecule has 1 saturated heterocycles. The van der Waals surface area contributed by atoms with Crippen LogP contribution >= 0.6 is 11.3 Å². The largest absolute Gasteiger partial charge is 0.354 e. The lowest BCUT2D eigenvalue weighted by Gasteiger charge is -2.27. The van der Waals surface area contributed by atoms with E-state index in [0.29, 0.717) is 13.0 Å². The second-order valence-corrected chi connectivity index (χ2v) is 9.53. The molecule has 0 bridgehead atoms. The van der Waals surface area contributed by atoms with E-state index in [1.807, 2.05) is 18.5 Å². The molecule has 1 unspecified atom stereocenters. The third-order valence-corrected chi connectivity index (χ3v) is 6.87. The van der Waals surface area contributed by atoms with Gasteiger partial charge in [0.25, 0.3) is 0 Å². The average Bonchev–Trinajstić information content (AvgIpc) is 3.12. The summed E-state index contributed by atoms with van der Waals surface area (Å²) < 4.78 is 22.6. The highest BCUT2D eigenvalue weighted by Gasteiger charge is 2.24. The summed E-state index contributed by atoms with van der Waals surface area (Å²) in [5.41, 5.74) is 0.944. The standard InChI is InChI=1S/C19H27N5O3S2/c1-15(23-10-2-11-24(13-12-23)19-22-9-14-28-19)18(25)21-8-7-16-3-5-17(6-4-16)29(20,26)27/h3-6,9,14-15H,2,7-8,10-13H2,1H3,(H,21,25)(H2,20,26,27). The summed E-state index contributed by atoms with van der Waals surface area (Å²) in [6, 6.07) is 6.21. The smallest absolute Gasteiger partial charge is 0.238 e. The molecule has 158 valence electrons. The Hall–Kier alpha value is -2.01. The van der Waals surface area contributed by atoms with E-state index in [2.05, 4.69) is 20.1 Å². The molecule has 0 aliphatic carbocycles. The number of benzene rings is 1. The number of hydrogen-bond acceptors (Lipinski definition) is 7. The van der Waals surface area contributed by atoms with Crippen LogP contribution in [0.5, 0.6) is 0 Å². The highest BCUT2D eigenvalue weighted by Crippen LogP contribution is 2.19. The van der Waals surface area contributed by atoms with Gasteiger partial charge >= 0.3 is 0 Å². The minimum Gasteiger partial charge on any atom is -0.354 e. The number of carbonyl (C=O) groups is 1. The number of hydrogen-bond donors (Lipinski definition) is 2. The Kier molecular flexibility index (Phi) is 7.23. The molecule has 10 heteroatoms. The van der Waals surface area contributed by atoms with Crippen LogP contribution in [0.25, 0.3) is 0 Å². The molecule has 1 fully saturated rings. The van der Waals surface area contributed by atoms with Crippen LogP contribution in [0.2, 0.25) is 0 Å². The molecule has 0 spiro atoms. The molecule has 1 atom stereocenters. The summed E-state index contributed by atoms with van der Waals surface area (Å²) in [5.74, 6) is 0.00820. The zero-order valence-corrected chi connectivity index (χ0v) is 18.1. The van der Waals surface area contributed by atoms with Crippen molar-refractivity contribution in [1.82, 2.24) is 15.2 Å². The van der Waals surface area contributed by atoms with Crippen LogP contribution in [0, 0.1) is 0 Å². The number of carbonyl (C=O) groups excluding carboxylic acids is 1. The molecule has 1 aromatic carbocycles. The second-order valence-electron chi connectivity index (χ2n) is 7.10. The van der Waals surface area contributed by atoms with E-state index < -0.39 is 10.0 Å². The minimum absolute atomic E-state index is 0.00820. The maximum absolute atomic E-state index is 12.6. The molecule has 2 aromatic rings. The summed E-state index contributed by atoms with van der Waals surface area (Å²) >= 11 is 1.64. The molecule has 1 amide bonds. The molecular formula is C19H27N5O3S2. The highest BCUT2D eigenvalue weighted by molar-refractivity contribution is 7.89. The van der Waals surface area contributed by atoms with Crippen LogP contribution in [-0.4, -0.2) is 63.0 Å². The van der Waals surface area contributed by atoms with Gasteiger partial charge in [-0.1, -0.05) is 12.1 Å². The number of amides is 1. The molecule has 29 heavy (non-hydrogen) atoms. The van der Waals surface area contributed by atoms with Gasteiger partial charge in [-0.2, -0.15) is 0 Å². The molecule has 1 aromatic heterocycles. The number of nitrogens with one attached hydrogen (secondary N) is 1. The van der Waals surface area contributed by atoms with Gasteiger partial charge in [0.15, 0.2) is 5.13 Å². The van der Waals surface area contributed by atoms with Crippen molar-refractivity contribution >= 4 is 32.4 Å². The number of anilines is 1. The molecule has 3 N–H and O–H groups in total. The third kappa shape index (κ3) is 5.99. The Morgan fingerprint density at radius 3 is 2.66 bits per heavy atom. The predicted molar refractivity (Wildman–Crippen MR) is 115 cm³/mol. The molecule has 1 aliphatic heterocycles. The molecule has 3 rings (SSSR count).